The fourth-order valence-corrected chi connectivity index (χ4v) is 1.93. The molecule has 0 aliphatic heterocycles. The Morgan fingerprint density at radius 1 is 1.29 bits per heavy atom. The molecule has 0 spiro atoms. The molecule has 1 amide bonds. The van der Waals surface area contributed by atoms with Crippen molar-refractivity contribution in [2.75, 3.05) is 5.32 Å². The molecule has 1 N–H and O–H groups in total. The number of aromatic nitrogens is 1. The minimum atomic E-state index is -0.838. The summed E-state index contributed by atoms with van der Waals surface area (Å²) in [6.45, 7) is 7.27. The predicted octanol–water partition coefficient (Wildman–Crippen LogP) is 3.81. The second kappa shape index (κ2) is 5.27. The molecule has 112 valence electrons. The normalized spacial score (nSPS) is 11.5. The number of benzene rings is 1. The molecule has 0 unspecified atom stereocenters. The summed E-state index contributed by atoms with van der Waals surface area (Å²) in [6.07, 6.45) is 0. The van der Waals surface area contributed by atoms with Crippen molar-refractivity contribution >= 4 is 11.6 Å². The molecule has 21 heavy (non-hydrogen) atoms. The first kappa shape index (κ1) is 15.2. The van der Waals surface area contributed by atoms with Crippen LogP contribution in [-0.4, -0.2) is 11.1 Å². The van der Waals surface area contributed by atoms with Gasteiger partial charge in [-0.2, -0.15) is 0 Å². The van der Waals surface area contributed by atoms with Crippen molar-refractivity contribution in [3.8, 4) is 0 Å². The number of nitrogens with zero attached hydrogens (tertiary/aromatic N) is 1. The van der Waals surface area contributed by atoms with Crippen molar-refractivity contribution in [1.82, 2.24) is 5.16 Å². The predicted molar refractivity (Wildman–Crippen MR) is 74.3 cm³/mol. The van der Waals surface area contributed by atoms with Gasteiger partial charge in [0.2, 0.25) is 0 Å². The van der Waals surface area contributed by atoms with Gasteiger partial charge in [-0.25, -0.2) is 8.78 Å². The zero-order valence-corrected chi connectivity index (χ0v) is 12.3. The highest BCUT2D eigenvalue weighted by molar-refractivity contribution is 6.06. The van der Waals surface area contributed by atoms with Crippen molar-refractivity contribution in [3.05, 3.63) is 46.9 Å². The molecule has 0 bridgehead atoms. The van der Waals surface area contributed by atoms with Crippen LogP contribution >= 0.6 is 0 Å². The second-order valence-electron chi connectivity index (χ2n) is 5.79. The lowest BCUT2D eigenvalue weighted by atomic mass is 9.88. The van der Waals surface area contributed by atoms with Crippen LogP contribution in [0, 0.1) is 18.6 Å². The highest BCUT2D eigenvalue weighted by Crippen LogP contribution is 2.28. The highest BCUT2D eigenvalue weighted by atomic mass is 19.1. The lowest BCUT2D eigenvalue weighted by Crippen LogP contribution is -2.21. The summed E-state index contributed by atoms with van der Waals surface area (Å²) in [5.41, 5.74) is 0.263. The number of carbonyl (C=O) groups excluding carboxylic acids is 1. The molecular weight excluding hydrogens is 278 g/mol. The molecular formula is C15H16F2N2O2. The van der Waals surface area contributed by atoms with Gasteiger partial charge in [0.05, 0.1) is 5.69 Å². The van der Waals surface area contributed by atoms with Crippen LogP contribution < -0.4 is 5.32 Å². The third-order valence-electron chi connectivity index (χ3n) is 2.98. The Morgan fingerprint density at radius 2 is 1.95 bits per heavy atom. The summed E-state index contributed by atoms with van der Waals surface area (Å²) in [4.78, 5) is 12.3. The molecule has 2 aromatic rings. The van der Waals surface area contributed by atoms with E-state index >= 15 is 0 Å². The summed E-state index contributed by atoms with van der Waals surface area (Å²) < 4.78 is 31.5. The van der Waals surface area contributed by atoms with E-state index < -0.39 is 23.0 Å². The molecule has 0 atom stereocenters. The summed E-state index contributed by atoms with van der Waals surface area (Å²) in [5.74, 6) is -1.74. The van der Waals surface area contributed by atoms with Gasteiger partial charge in [0.25, 0.3) is 5.91 Å². The molecule has 0 saturated heterocycles. The van der Waals surface area contributed by atoms with E-state index in [1.165, 1.54) is 6.07 Å². The zero-order chi connectivity index (χ0) is 15.8. The molecule has 6 heteroatoms. The van der Waals surface area contributed by atoms with Crippen LogP contribution in [0.3, 0.4) is 0 Å². The molecule has 1 aromatic carbocycles. The lowest BCUT2D eigenvalue weighted by molar-refractivity contribution is 0.102. The number of amides is 1. The van der Waals surface area contributed by atoms with Crippen LogP contribution in [0.25, 0.3) is 0 Å². The first-order valence-electron chi connectivity index (χ1n) is 6.43. The summed E-state index contributed by atoms with van der Waals surface area (Å²) >= 11 is 0. The third kappa shape index (κ3) is 3.09. The summed E-state index contributed by atoms with van der Waals surface area (Å²) in [7, 11) is 0. The quantitative estimate of drug-likeness (QED) is 0.916. The molecule has 2 rings (SSSR count). The lowest BCUT2D eigenvalue weighted by Gasteiger charge is -2.16. The minimum absolute atomic E-state index is 0.0955. The Bertz CT molecular complexity index is 687. The number of hydrogen-bond acceptors (Lipinski definition) is 3. The van der Waals surface area contributed by atoms with Crippen LogP contribution in [0.5, 0.6) is 0 Å². The molecule has 0 aliphatic carbocycles. The Kier molecular flexibility index (Phi) is 3.80. The average molecular weight is 294 g/mol. The van der Waals surface area contributed by atoms with E-state index in [1.807, 2.05) is 20.8 Å². The van der Waals surface area contributed by atoms with Gasteiger partial charge in [-0.05, 0) is 19.1 Å². The smallest absolute Gasteiger partial charge is 0.261 e. The van der Waals surface area contributed by atoms with Gasteiger partial charge in [-0.3, -0.25) is 4.79 Å². The van der Waals surface area contributed by atoms with Crippen LogP contribution in [0.2, 0.25) is 0 Å². The number of nitrogens with one attached hydrogen (secondary N) is 1. The van der Waals surface area contributed by atoms with Gasteiger partial charge in [-0.15, -0.1) is 0 Å². The largest absolute Gasteiger partial charge is 0.361 e. The van der Waals surface area contributed by atoms with E-state index in [1.54, 1.807) is 6.92 Å². The molecule has 1 aromatic heterocycles. The van der Waals surface area contributed by atoms with Crippen molar-refractivity contribution in [2.24, 2.45) is 0 Å². The molecule has 4 nitrogen and oxygen atoms in total. The Morgan fingerprint density at radius 3 is 2.52 bits per heavy atom. The maximum Gasteiger partial charge on any atom is 0.261 e. The third-order valence-corrected chi connectivity index (χ3v) is 2.98. The summed E-state index contributed by atoms with van der Waals surface area (Å²) in [6, 6.07) is 2.95. The van der Waals surface area contributed by atoms with E-state index in [4.69, 9.17) is 4.52 Å². The molecule has 1 heterocycles. The van der Waals surface area contributed by atoms with Gasteiger partial charge in [0.15, 0.2) is 0 Å². The molecule has 0 aliphatic rings. The number of carbonyl (C=O) groups is 1. The van der Waals surface area contributed by atoms with Crippen LogP contribution in [-0.2, 0) is 5.41 Å². The number of rotatable bonds is 2. The Labute approximate surface area is 121 Å². The Balaban J connectivity index is 2.35. The van der Waals surface area contributed by atoms with Crippen LogP contribution in [0.1, 0.15) is 42.6 Å². The topological polar surface area (TPSA) is 55.1 Å². The first-order valence-corrected chi connectivity index (χ1v) is 6.43. The molecule has 0 saturated carbocycles. The van der Waals surface area contributed by atoms with E-state index in [2.05, 4.69) is 10.5 Å². The minimum Gasteiger partial charge on any atom is -0.361 e. The van der Waals surface area contributed by atoms with Crippen molar-refractivity contribution in [2.45, 2.75) is 33.1 Å². The van der Waals surface area contributed by atoms with Crippen LogP contribution in [0.15, 0.2) is 22.7 Å². The standard InChI is InChI=1S/C15H16F2N2O2/c1-8-12(13(19-21-8)15(2,3)4)14(20)18-11-6-5-9(16)7-10(11)17/h5-7H,1-4H3,(H,18,20). The van der Waals surface area contributed by atoms with Crippen molar-refractivity contribution in [3.63, 3.8) is 0 Å². The fourth-order valence-electron chi connectivity index (χ4n) is 1.93. The molecule has 0 radical (unpaired) electrons. The van der Waals surface area contributed by atoms with Crippen LogP contribution in [0.4, 0.5) is 14.5 Å². The number of anilines is 1. The van der Waals surface area contributed by atoms with Gasteiger partial charge in [-0.1, -0.05) is 25.9 Å². The monoisotopic (exact) mass is 294 g/mol. The van der Waals surface area contributed by atoms with E-state index in [9.17, 15) is 13.6 Å². The zero-order valence-electron chi connectivity index (χ0n) is 12.3. The van der Waals surface area contributed by atoms with E-state index in [-0.39, 0.29) is 11.3 Å². The maximum atomic E-state index is 13.6. The first-order chi connectivity index (χ1) is 9.70. The van der Waals surface area contributed by atoms with Crippen molar-refractivity contribution < 1.29 is 18.1 Å². The Hall–Kier alpha value is -2.24. The maximum absolute atomic E-state index is 13.6. The average Bonchev–Trinajstić information content (AvgIpc) is 2.74. The fraction of sp³-hybridized carbons (Fsp3) is 0.333. The molecule has 0 fully saturated rings. The van der Waals surface area contributed by atoms with E-state index in [0.29, 0.717) is 17.5 Å². The van der Waals surface area contributed by atoms with Gasteiger partial charge >= 0.3 is 0 Å². The number of aryl methyl sites for hydroxylation is 1. The SMILES string of the molecule is Cc1onc(C(C)(C)C)c1C(=O)Nc1ccc(F)cc1F. The second-order valence-corrected chi connectivity index (χ2v) is 5.79. The van der Waals surface area contributed by atoms with Gasteiger partial charge in [0, 0.05) is 11.5 Å². The highest BCUT2D eigenvalue weighted by Gasteiger charge is 2.29. The van der Waals surface area contributed by atoms with Gasteiger partial charge < -0.3 is 9.84 Å². The number of halogens is 2. The van der Waals surface area contributed by atoms with E-state index in [0.717, 1.165) is 6.07 Å². The van der Waals surface area contributed by atoms with Gasteiger partial charge in [0.1, 0.15) is 28.7 Å². The van der Waals surface area contributed by atoms with Crippen molar-refractivity contribution in [1.29, 1.82) is 0 Å². The number of hydrogen-bond donors (Lipinski definition) is 1. The summed E-state index contributed by atoms with van der Waals surface area (Å²) in [5, 5.41) is 6.31.